The number of rotatable bonds is 9. The zero-order valence-electron chi connectivity index (χ0n) is 14.6. The van der Waals surface area contributed by atoms with Crippen molar-refractivity contribution in [2.45, 2.75) is 26.9 Å². The van der Waals surface area contributed by atoms with Crippen LogP contribution in [-0.2, 0) is 16.1 Å². The molecule has 0 aliphatic heterocycles. The van der Waals surface area contributed by atoms with Crippen molar-refractivity contribution in [3.63, 3.8) is 0 Å². The third-order valence-electron chi connectivity index (χ3n) is 3.45. The van der Waals surface area contributed by atoms with Gasteiger partial charge in [0.1, 0.15) is 18.2 Å². The Morgan fingerprint density at radius 2 is 1.88 bits per heavy atom. The van der Waals surface area contributed by atoms with Crippen LogP contribution in [0.15, 0.2) is 54.1 Å². The van der Waals surface area contributed by atoms with E-state index in [0.717, 1.165) is 16.7 Å². The Kier molecular flexibility index (Phi) is 7.36. The molecule has 2 aromatic rings. The fraction of sp³-hybridized carbons (Fsp3) is 0.286. The maximum absolute atomic E-state index is 13.4. The third kappa shape index (κ3) is 6.89. The Balaban J connectivity index is 1.78. The average molecular weight is 342 g/mol. The summed E-state index contributed by atoms with van der Waals surface area (Å²) < 4.78 is 24.4. The highest BCUT2D eigenvalue weighted by Gasteiger charge is 2.08. The molecule has 0 aliphatic rings. The van der Waals surface area contributed by atoms with Crippen LogP contribution < -0.4 is 4.74 Å². The number of ketones is 1. The smallest absolute Gasteiger partial charge is 0.172 e. The van der Waals surface area contributed by atoms with Crippen LogP contribution in [0.1, 0.15) is 31.4 Å². The average Bonchev–Trinajstić information content (AvgIpc) is 2.59. The lowest BCUT2D eigenvalue weighted by atomic mass is 10.1. The summed E-state index contributed by atoms with van der Waals surface area (Å²) in [6.07, 6.45) is 2.16. The van der Waals surface area contributed by atoms with E-state index in [1.807, 2.05) is 50.3 Å². The fourth-order valence-corrected chi connectivity index (χ4v) is 2.24. The molecule has 0 fully saturated rings. The first-order valence-electron chi connectivity index (χ1n) is 8.25. The maximum Gasteiger partial charge on any atom is 0.172 e. The van der Waals surface area contributed by atoms with Gasteiger partial charge in [-0.2, -0.15) is 0 Å². The highest BCUT2D eigenvalue weighted by atomic mass is 19.1. The number of hydrogen-bond donors (Lipinski definition) is 0. The predicted molar refractivity (Wildman–Crippen MR) is 96.9 cm³/mol. The van der Waals surface area contributed by atoms with Crippen molar-refractivity contribution >= 4 is 11.9 Å². The van der Waals surface area contributed by atoms with Crippen LogP contribution in [-0.4, -0.2) is 19.0 Å². The second-order valence-electron chi connectivity index (χ2n) is 6.02. The number of ether oxygens (including phenoxy) is 2. The molecule has 3 nitrogen and oxygen atoms in total. The van der Waals surface area contributed by atoms with Crippen molar-refractivity contribution in [2.24, 2.45) is 0 Å². The molecule has 0 unspecified atom stereocenters. The molecular weight excluding hydrogens is 319 g/mol. The van der Waals surface area contributed by atoms with E-state index in [9.17, 15) is 9.18 Å². The van der Waals surface area contributed by atoms with Gasteiger partial charge in [0.25, 0.3) is 0 Å². The van der Waals surface area contributed by atoms with Crippen molar-refractivity contribution < 1.29 is 18.7 Å². The van der Waals surface area contributed by atoms with Gasteiger partial charge in [-0.3, -0.25) is 4.79 Å². The number of carbonyl (C=O) groups is 1. The van der Waals surface area contributed by atoms with E-state index in [2.05, 4.69) is 0 Å². The van der Waals surface area contributed by atoms with Gasteiger partial charge in [-0.15, -0.1) is 0 Å². The number of carbonyl (C=O) groups excluding carboxylic acids is 1. The SMILES string of the molecule is CC(C)=Cc1ccc(F)cc1OCC(=O)CCOCc1ccccc1. The summed E-state index contributed by atoms with van der Waals surface area (Å²) in [6, 6.07) is 14.1. The van der Waals surface area contributed by atoms with Gasteiger partial charge >= 0.3 is 0 Å². The van der Waals surface area contributed by atoms with E-state index in [4.69, 9.17) is 9.47 Å². The number of halogens is 1. The molecule has 0 heterocycles. The minimum absolute atomic E-state index is 0.0829. The normalized spacial score (nSPS) is 10.4. The molecule has 0 aliphatic carbocycles. The van der Waals surface area contributed by atoms with Gasteiger partial charge < -0.3 is 9.47 Å². The summed E-state index contributed by atoms with van der Waals surface area (Å²) in [5.41, 5.74) is 2.89. The first-order chi connectivity index (χ1) is 12.0. The first kappa shape index (κ1) is 18.9. The topological polar surface area (TPSA) is 35.5 Å². The van der Waals surface area contributed by atoms with Crippen LogP contribution in [0.5, 0.6) is 5.75 Å². The molecular formula is C21H23FO3. The van der Waals surface area contributed by atoms with Gasteiger partial charge in [-0.25, -0.2) is 4.39 Å². The minimum Gasteiger partial charge on any atom is -0.485 e. The number of benzene rings is 2. The Bertz CT molecular complexity index is 719. The second kappa shape index (κ2) is 9.74. The second-order valence-corrected chi connectivity index (χ2v) is 6.02. The molecule has 0 radical (unpaired) electrons. The summed E-state index contributed by atoms with van der Waals surface area (Å²) in [5, 5.41) is 0. The highest BCUT2D eigenvalue weighted by molar-refractivity contribution is 5.80. The lowest BCUT2D eigenvalue weighted by molar-refractivity contribution is -0.122. The lowest BCUT2D eigenvalue weighted by Crippen LogP contribution is -2.14. The third-order valence-corrected chi connectivity index (χ3v) is 3.45. The van der Waals surface area contributed by atoms with Crippen LogP contribution >= 0.6 is 0 Å². The first-order valence-corrected chi connectivity index (χ1v) is 8.25. The van der Waals surface area contributed by atoms with Gasteiger partial charge in [-0.05, 0) is 31.5 Å². The number of Topliss-reactive ketones (excluding diaryl/α,β-unsaturated/α-hetero) is 1. The molecule has 0 N–H and O–H groups in total. The molecule has 0 amide bonds. The monoisotopic (exact) mass is 342 g/mol. The largest absolute Gasteiger partial charge is 0.485 e. The zero-order chi connectivity index (χ0) is 18.1. The standard InChI is InChI=1S/C21H23FO3/c1-16(2)12-18-8-9-19(22)13-21(18)25-15-20(23)10-11-24-14-17-6-4-3-5-7-17/h3-9,12-13H,10-11,14-15H2,1-2H3. The van der Waals surface area contributed by atoms with Gasteiger partial charge in [0.05, 0.1) is 13.2 Å². The Labute approximate surface area is 148 Å². The van der Waals surface area contributed by atoms with Crippen molar-refractivity contribution in [3.05, 3.63) is 71.0 Å². The molecule has 25 heavy (non-hydrogen) atoms. The highest BCUT2D eigenvalue weighted by Crippen LogP contribution is 2.22. The van der Waals surface area contributed by atoms with Crippen LogP contribution in [0.3, 0.4) is 0 Å². The number of allylic oxidation sites excluding steroid dienone is 1. The summed E-state index contributed by atoms with van der Waals surface area (Å²) in [6.45, 7) is 4.61. The van der Waals surface area contributed by atoms with Crippen molar-refractivity contribution in [1.82, 2.24) is 0 Å². The summed E-state index contributed by atoms with van der Waals surface area (Å²) in [4.78, 5) is 11.9. The van der Waals surface area contributed by atoms with Crippen LogP contribution in [0, 0.1) is 5.82 Å². The van der Waals surface area contributed by atoms with E-state index >= 15 is 0 Å². The molecule has 0 atom stereocenters. The van der Waals surface area contributed by atoms with E-state index in [-0.39, 0.29) is 24.6 Å². The molecule has 0 saturated carbocycles. The fourth-order valence-electron chi connectivity index (χ4n) is 2.24. The molecule has 0 saturated heterocycles. The molecule has 132 valence electrons. The van der Waals surface area contributed by atoms with Gasteiger partial charge in [-0.1, -0.05) is 42.0 Å². The van der Waals surface area contributed by atoms with Crippen LogP contribution in [0.25, 0.3) is 6.08 Å². The number of hydrogen-bond acceptors (Lipinski definition) is 3. The predicted octanol–water partition coefficient (Wildman–Crippen LogP) is 4.80. The van der Waals surface area contributed by atoms with E-state index in [1.165, 1.54) is 12.1 Å². The van der Waals surface area contributed by atoms with Gasteiger partial charge in [0, 0.05) is 18.1 Å². The van der Waals surface area contributed by atoms with Crippen molar-refractivity contribution in [3.8, 4) is 5.75 Å². The maximum atomic E-state index is 13.4. The Hall–Kier alpha value is -2.46. The zero-order valence-corrected chi connectivity index (χ0v) is 14.6. The molecule has 0 aromatic heterocycles. The van der Waals surface area contributed by atoms with Crippen molar-refractivity contribution in [1.29, 1.82) is 0 Å². The minimum atomic E-state index is -0.389. The summed E-state index contributed by atoms with van der Waals surface area (Å²) in [7, 11) is 0. The molecule has 0 spiro atoms. The summed E-state index contributed by atoms with van der Waals surface area (Å²) >= 11 is 0. The van der Waals surface area contributed by atoms with Crippen molar-refractivity contribution in [2.75, 3.05) is 13.2 Å². The van der Waals surface area contributed by atoms with Gasteiger partial charge in [0.2, 0.25) is 0 Å². The molecule has 0 bridgehead atoms. The van der Waals surface area contributed by atoms with Crippen LogP contribution in [0.4, 0.5) is 4.39 Å². The van der Waals surface area contributed by atoms with Crippen LogP contribution in [0.2, 0.25) is 0 Å². The Morgan fingerprint density at radius 1 is 1.12 bits per heavy atom. The quantitative estimate of drug-likeness (QED) is 0.614. The van der Waals surface area contributed by atoms with E-state index in [1.54, 1.807) is 6.07 Å². The summed E-state index contributed by atoms with van der Waals surface area (Å²) in [5.74, 6) is -0.0974. The van der Waals surface area contributed by atoms with E-state index < -0.39 is 0 Å². The van der Waals surface area contributed by atoms with Gasteiger partial charge in [0.15, 0.2) is 5.78 Å². The lowest BCUT2D eigenvalue weighted by Gasteiger charge is -2.10. The molecule has 2 rings (SSSR count). The molecule has 2 aromatic carbocycles. The molecule has 4 heteroatoms. The van der Waals surface area contributed by atoms with E-state index in [0.29, 0.717) is 19.0 Å². The Morgan fingerprint density at radius 3 is 2.60 bits per heavy atom.